The summed E-state index contributed by atoms with van der Waals surface area (Å²) < 4.78 is 5.38. The van der Waals surface area contributed by atoms with E-state index in [4.69, 9.17) is 4.74 Å². The molecule has 3 heteroatoms. The fourth-order valence-corrected chi connectivity index (χ4v) is 1.19. The molecule has 0 heterocycles. The number of alkyl halides is 1. The van der Waals surface area contributed by atoms with E-state index in [1.54, 1.807) is 12.1 Å². The fourth-order valence-electron chi connectivity index (χ4n) is 1.03. The molecule has 0 fully saturated rings. The lowest BCUT2D eigenvalue weighted by molar-refractivity contribution is 0.101. The third kappa shape index (κ3) is 2.84. The predicted octanol–water partition coefficient (Wildman–Crippen LogP) is 2.66. The highest BCUT2D eigenvalue weighted by molar-refractivity contribution is 9.09. The van der Waals surface area contributed by atoms with Crippen LogP contribution in [0.2, 0.25) is 0 Å². The second-order valence-electron chi connectivity index (χ2n) is 2.59. The molecular formula is C10H11BrO2. The van der Waals surface area contributed by atoms with Gasteiger partial charge in [-0.05, 0) is 19.1 Å². The summed E-state index contributed by atoms with van der Waals surface area (Å²) in [7, 11) is 0. The van der Waals surface area contributed by atoms with Gasteiger partial charge in [0.15, 0.2) is 5.78 Å². The van der Waals surface area contributed by atoms with Crippen LogP contribution in [0.4, 0.5) is 0 Å². The lowest BCUT2D eigenvalue weighted by atomic mass is 10.1. The van der Waals surface area contributed by atoms with Gasteiger partial charge in [-0.2, -0.15) is 0 Å². The molecule has 70 valence electrons. The largest absolute Gasteiger partial charge is 0.492 e. The van der Waals surface area contributed by atoms with Crippen LogP contribution < -0.4 is 4.74 Å². The molecule has 2 nitrogen and oxygen atoms in total. The Bertz CT molecular complexity index is 297. The predicted molar refractivity (Wildman–Crippen MR) is 55.7 cm³/mol. The van der Waals surface area contributed by atoms with Gasteiger partial charge in [0.1, 0.15) is 5.75 Å². The van der Waals surface area contributed by atoms with E-state index in [1.807, 2.05) is 12.1 Å². The Morgan fingerprint density at radius 1 is 1.46 bits per heavy atom. The molecule has 0 unspecified atom stereocenters. The Kier molecular flexibility index (Phi) is 3.96. The molecule has 1 aromatic rings. The molecule has 0 aliphatic rings. The lowest BCUT2D eigenvalue weighted by Gasteiger charge is -2.07. The summed E-state index contributed by atoms with van der Waals surface area (Å²) in [6, 6.07) is 7.26. The summed E-state index contributed by atoms with van der Waals surface area (Å²) in [6.45, 7) is 2.11. The van der Waals surface area contributed by atoms with Gasteiger partial charge in [-0.3, -0.25) is 4.79 Å². The number of carbonyl (C=O) groups excluding carboxylic acids is 1. The van der Waals surface area contributed by atoms with Gasteiger partial charge in [-0.1, -0.05) is 28.1 Å². The second kappa shape index (κ2) is 5.02. The molecular weight excluding hydrogens is 232 g/mol. The molecule has 0 amide bonds. The molecule has 0 N–H and O–H groups in total. The van der Waals surface area contributed by atoms with Gasteiger partial charge >= 0.3 is 0 Å². The van der Waals surface area contributed by atoms with Gasteiger partial charge in [0, 0.05) is 5.33 Å². The first-order chi connectivity index (χ1) is 6.25. The Morgan fingerprint density at radius 3 is 2.77 bits per heavy atom. The number of rotatable bonds is 4. The standard InChI is InChI=1S/C10H11BrO2/c1-8(12)9-4-2-3-5-10(9)13-7-6-11/h2-5H,6-7H2,1H3. The minimum absolute atomic E-state index is 0.0326. The average molecular weight is 243 g/mol. The third-order valence-corrected chi connectivity index (χ3v) is 1.92. The van der Waals surface area contributed by atoms with Crippen molar-refractivity contribution < 1.29 is 9.53 Å². The number of halogens is 1. The molecule has 0 aliphatic heterocycles. The van der Waals surface area contributed by atoms with Gasteiger partial charge in [0.25, 0.3) is 0 Å². The maximum Gasteiger partial charge on any atom is 0.163 e. The van der Waals surface area contributed by atoms with E-state index in [0.717, 1.165) is 5.33 Å². The van der Waals surface area contributed by atoms with Crippen molar-refractivity contribution in [3.05, 3.63) is 29.8 Å². The Balaban J connectivity index is 2.84. The summed E-state index contributed by atoms with van der Waals surface area (Å²) in [6.07, 6.45) is 0. The van der Waals surface area contributed by atoms with Crippen molar-refractivity contribution in [2.24, 2.45) is 0 Å². The zero-order valence-electron chi connectivity index (χ0n) is 7.42. The first-order valence-electron chi connectivity index (χ1n) is 4.04. The Morgan fingerprint density at radius 2 is 2.15 bits per heavy atom. The van der Waals surface area contributed by atoms with E-state index in [9.17, 15) is 4.79 Å². The van der Waals surface area contributed by atoms with Crippen molar-refractivity contribution >= 4 is 21.7 Å². The van der Waals surface area contributed by atoms with E-state index >= 15 is 0 Å². The molecule has 0 saturated carbocycles. The van der Waals surface area contributed by atoms with Gasteiger partial charge < -0.3 is 4.74 Å². The number of Topliss-reactive ketones (excluding diaryl/α,β-unsaturated/α-hetero) is 1. The fraction of sp³-hybridized carbons (Fsp3) is 0.300. The molecule has 0 saturated heterocycles. The van der Waals surface area contributed by atoms with Crippen molar-refractivity contribution in [2.45, 2.75) is 6.92 Å². The van der Waals surface area contributed by atoms with Crippen LogP contribution in [-0.2, 0) is 0 Å². The van der Waals surface area contributed by atoms with Crippen molar-refractivity contribution in [2.75, 3.05) is 11.9 Å². The van der Waals surface area contributed by atoms with E-state index in [2.05, 4.69) is 15.9 Å². The number of ketones is 1. The van der Waals surface area contributed by atoms with Crippen molar-refractivity contribution in [3.8, 4) is 5.75 Å². The molecule has 0 radical (unpaired) electrons. The average Bonchev–Trinajstić information content (AvgIpc) is 2.15. The number of carbonyl (C=O) groups is 1. The van der Waals surface area contributed by atoms with Crippen LogP contribution in [0.15, 0.2) is 24.3 Å². The van der Waals surface area contributed by atoms with Crippen LogP contribution in [0.1, 0.15) is 17.3 Å². The zero-order chi connectivity index (χ0) is 9.68. The van der Waals surface area contributed by atoms with Crippen LogP contribution in [0.3, 0.4) is 0 Å². The molecule has 1 rings (SSSR count). The molecule has 1 aromatic carbocycles. The molecule has 0 spiro atoms. The Labute approximate surface area is 86.0 Å². The first kappa shape index (κ1) is 10.3. The van der Waals surface area contributed by atoms with Crippen molar-refractivity contribution in [1.82, 2.24) is 0 Å². The number of hydrogen-bond donors (Lipinski definition) is 0. The normalized spacial score (nSPS) is 9.69. The maximum absolute atomic E-state index is 11.1. The Hall–Kier alpha value is -0.830. The zero-order valence-corrected chi connectivity index (χ0v) is 9.00. The number of para-hydroxylation sites is 1. The summed E-state index contributed by atoms with van der Waals surface area (Å²) in [5.74, 6) is 0.694. The first-order valence-corrected chi connectivity index (χ1v) is 5.16. The smallest absolute Gasteiger partial charge is 0.163 e. The van der Waals surface area contributed by atoms with Crippen LogP contribution in [-0.4, -0.2) is 17.7 Å². The summed E-state index contributed by atoms with van der Waals surface area (Å²) >= 11 is 3.26. The molecule has 0 aliphatic carbocycles. The van der Waals surface area contributed by atoms with Crippen LogP contribution >= 0.6 is 15.9 Å². The van der Waals surface area contributed by atoms with E-state index in [-0.39, 0.29) is 5.78 Å². The van der Waals surface area contributed by atoms with E-state index in [0.29, 0.717) is 17.9 Å². The number of benzene rings is 1. The number of ether oxygens (including phenoxy) is 1. The quantitative estimate of drug-likeness (QED) is 0.600. The molecule has 0 atom stereocenters. The summed E-state index contributed by atoms with van der Waals surface area (Å²) in [5.41, 5.74) is 0.642. The highest BCUT2D eigenvalue weighted by atomic mass is 79.9. The van der Waals surface area contributed by atoms with Gasteiger partial charge in [-0.15, -0.1) is 0 Å². The highest BCUT2D eigenvalue weighted by Crippen LogP contribution is 2.18. The minimum Gasteiger partial charge on any atom is -0.492 e. The molecule has 0 aromatic heterocycles. The third-order valence-electron chi connectivity index (χ3n) is 1.60. The van der Waals surface area contributed by atoms with Crippen molar-refractivity contribution in [1.29, 1.82) is 0 Å². The SMILES string of the molecule is CC(=O)c1ccccc1OCCBr. The minimum atomic E-state index is 0.0326. The summed E-state index contributed by atoms with van der Waals surface area (Å²) in [5, 5.41) is 0.763. The monoisotopic (exact) mass is 242 g/mol. The van der Waals surface area contributed by atoms with Crippen molar-refractivity contribution in [3.63, 3.8) is 0 Å². The van der Waals surface area contributed by atoms with Crippen LogP contribution in [0.5, 0.6) is 5.75 Å². The highest BCUT2D eigenvalue weighted by Gasteiger charge is 2.05. The number of hydrogen-bond acceptors (Lipinski definition) is 2. The van der Waals surface area contributed by atoms with Gasteiger partial charge in [0.2, 0.25) is 0 Å². The maximum atomic E-state index is 11.1. The van der Waals surface area contributed by atoms with Crippen LogP contribution in [0.25, 0.3) is 0 Å². The second-order valence-corrected chi connectivity index (χ2v) is 3.38. The lowest BCUT2D eigenvalue weighted by Crippen LogP contribution is -2.03. The summed E-state index contributed by atoms with van der Waals surface area (Å²) in [4.78, 5) is 11.1. The van der Waals surface area contributed by atoms with E-state index in [1.165, 1.54) is 6.92 Å². The van der Waals surface area contributed by atoms with Crippen LogP contribution in [0, 0.1) is 0 Å². The van der Waals surface area contributed by atoms with Gasteiger partial charge in [0.05, 0.1) is 12.2 Å². The van der Waals surface area contributed by atoms with Gasteiger partial charge in [-0.25, -0.2) is 0 Å². The topological polar surface area (TPSA) is 26.3 Å². The van der Waals surface area contributed by atoms with E-state index < -0.39 is 0 Å². The molecule has 13 heavy (non-hydrogen) atoms. The molecule has 0 bridgehead atoms.